The zero-order chi connectivity index (χ0) is 11.2. The van der Waals surface area contributed by atoms with Crippen LogP contribution in [0.2, 0.25) is 0 Å². The summed E-state index contributed by atoms with van der Waals surface area (Å²) in [6.07, 6.45) is 5.75. The van der Waals surface area contributed by atoms with Crippen molar-refractivity contribution in [2.75, 3.05) is 5.75 Å². The average molecular weight is 237 g/mol. The number of aryl methyl sites for hydroxylation is 1. The molecule has 1 aliphatic carbocycles. The summed E-state index contributed by atoms with van der Waals surface area (Å²) in [5.41, 5.74) is 0.442. The highest BCUT2D eigenvalue weighted by molar-refractivity contribution is 7.99. The van der Waals surface area contributed by atoms with Crippen LogP contribution < -0.4 is 0 Å². The molecule has 0 bridgehead atoms. The molecular weight excluding hydrogens is 222 g/mol. The normalized spacial score (nSPS) is 22.2. The fourth-order valence-electron chi connectivity index (χ4n) is 2.90. The summed E-state index contributed by atoms with van der Waals surface area (Å²) in [6.45, 7) is 1.02. The highest BCUT2D eigenvalue weighted by Crippen LogP contribution is 2.43. The predicted octanol–water partition coefficient (Wildman–Crippen LogP) is 2.49. The van der Waals surface area contributed by atoms with Crippen LogP contribution in [-0.4, -0.2) is 21.4 Å². The Balaban J connectivity index is 2.03. The molecule has 3 nitrogen and oxygen atoms in total. The van der Waals surface area contributed by atoms with Crippen LogP contribution in [0.4, 0.5) is 0 Å². The summed E-state index contributed by atoms with van der Waals surface area (Å²) in [7, 11) is 0. The average Bonchev–Trinajstić information content (AvgIpc) is 2.92. The number of hydrogen-bond acceptors (Lipinski definition) is 2. The number of nitrogens with zero attached hydrogens (tertiary/aromatic N) is 1. The van der Waals surface area contributed by atoms with Crippen LogP contribution in [0.1, 0.15) is 31.2 Å². The number of aliphatic carboxylic acids is 1. The zero-order valence-electron chi connectivity index (χ0n) is 9.11. The van der Waals surface area contributed by atoms with Crippen molar-refractivity contribution in [2.45, 2.75) is 42.7 Å². The first-order valence-electron chi connectivity index (χ1n) is 5.79. The van der Waals surface area contributed by atoms with Gasteiger partial charge < -0.3 is 9.67 Å². The van der Waals surface area contributed by atoms with E-state index < -0.39 is 11.4 Å². The molecule has 0 atom stereocenters. The molecule has 2 aliphatic rings. The second-order valence-electron chi connectivity index (χ2n) is 4.70. The Bertz CT molecular complexity index is 411. The molecule has 16 heavy (non-hydrogen) atoms. The van der Waals surface area contributed by atoms with Gasteiger partial charge in [0.15, 0.2) is 0 Å². The largest absolute Gasteiger partial charge is 0.481 e. The van der Waals surface area contributed by atoms with Gasteiger partial charge in [-0.1, -0.05) is 12.8 Å². The van der Waals surface area contributed by atoms with E-state index in [0.717, 1.165) is 43.5 Å². The molecule has 0 unspecified atom stereocenters. The fraction of sp³-hybridized carbons (Fsp3) is 0.583. The lowest BCUT2D eigenvalue weighted by atomic mass is 9.80. The van der Waals surface area contributed by atoms with Crippen molar-refractivity contribution in [3.8, 4) is 0 Å². The molecule has 1 fully saturated rings. The fourth-order valence-corrected chi connectivity index (χ4v) is 3.92. The number of fused-ring (bicyclic) bond motifs is 1. The summed E-state index contributed by atoms with van der Waals surface area (Å²) >= 11 is 1.83. The van der Waals surface area contributed by atoms with Gasteiger partial charge in [-0.05, 0) is 24.5 Å². The lowest BCUT2D eigenvalue weighted by Gasteiger charge is -2.22. The molecule has 3 rings (SSSR count). The van der Waals surface area contributed by atoms with Gasteiger partial charge in [0.25, 0.3) is 0 Å². The van der Waals surface area contributed by atoms with Gasteiger partial charge in [0.1, 0.15) is 0 Å². The van der Waals surface area contributed by atoms with Crippen molar-refractivity contribution >= 4 is 17.7 Å². The van der Waals surface area contributed by atoms with Gasteiger partial charge in [-0.15, -0.1) is 11.8 Å². The SMILES string of the molecule is O=C(O)C1(c2cc3n(c2)CCS3)CCCC1. The monoisotopic (exact) mass is 237 g/mol. The van der Waals surface area contributed by atoms with Crippen LogP contribution in [0.3, 0.4) is 0 Å². The van der Waals surface area contributed by atoms with Crippen LogP contribution in [0.25, 0.3) is 0 Å². The Labute approximate surface area is 98.8 Å². The minimum absolute atomic E-state index is 0.585. The second-order valence-corrected chi connectivity index (χ2v) is 5.82. The van der Waals surface area contributed by atoms with E-state index in [1.165, 1.54) is 5.03 Å². The van der Waals surface area contributed by atoms with Crippen molar-refractivity contribution in [1.82, 2.24) is 4.57 Å². The molecule has 86 valence electrons. The van der Waals surface area contributed by atoms with Crippen LogP contribution in [-0.2, 0) is 16.8 Å². The quantitative estimate of drug-likeness (QED) is 0.859. The topological polar surface area (TPSA) is 42.2 Å². The van der Waals surface area contributed by atoms with E-state index in [1.54, 1.807) is 0 Å². The Hall–Kier alpha value is -0.900. The highest BCUT2D eigenvalue weighted by Gasteiger charge is 2.44. The Morgan fingerprint density at radius 1 is 1.44 bits per heavy atom. The number of hydrogen-bond donors (Lipinski definition) is 1. The Morgan fingerprint density at radius 3 is 2.81 bits per heavy atom. The molecule has 1 aromatic heterocycles. The molecule has 0 saturated heterocycles. The van der Waals surface area contributed by atoms with Crippen LogP contribution in [0.15, 0.2) is 17.3 Å². The number of rotatable bonds is 2. The number of carboxylic acids is 1. The van der Waals surface area contributed by atoms with E-state index in [2.05, 4.69) is 16.8 Å². The standard InChI is InChI=1S/C12H15NO2S/c14-11(15)12(3-1-2-4-12)9-7-10-13(8-9)5-6-16-10/h7-8H,1-6H2,(H,14,15). The van der Waals surface area contributed by atoms with E-state index in [-0.39, 0.29) is 0 Å². The smallest absolute Gasteiger partial charge is 0.314 e. The summed E-state index contributed by atoms with van der Waals surface area (Å²) in [6, 6.07) is 2.09. The van der Waals surface area contributed by atoms with Crippen molar-refractivity contribution in [3.63, 3.8) is 0 Å². The lowest BCUT2D eigenvalue weighted by molar-refractivity contribution is -0.143. The summed E-state index contributed by atoms with van der Waals surface area (Å²) in [4.78, 5) is 11.5. The zero-order valence-corrected chi connectivity index (χ0v) is 9.92. The number of carboxylic acid groups (broad SMARTS) is 1. The van der Waals surface area contributed by atoms with Crippen molar-refractivity contribution in [2.24, 2.45) is 0 Å². The third-order valence-corrected chi connectivity index (χ3v) is 4.89. The first kappa shape index (κ1) is 10.3. The number of thioether (sulfide) groups is 1. The third-order valence-electron chi connectivity index (χ3n) is 3.86. The van der Waals surface area contributed by atoms with Gasteiger partial charge in [-0.25, -0.2) is 0 Å². The first-order chi connectivity index (χ1) is 7.72. The van der Waals surface area contributed by atoms with E-state index in [0.29, 0.717) is 0 Å². The molecule has 1 aliphatic heterocycles. The number of aromatic nitrogens is 1. The maximum atomic E-state index is 11.5. The molecular formula is C12H15NO2S. The molecule has 0 radical (unpaired) electrons. The van der Waals surface area contributed by atoms with E-state index >= 15 is 0 Å². The molecule has 0 amide bonds. The van der Waals surface area contributed by atoms with Gasteiger partial charge >= 0.3 is 5.97 Å². The maximum absolute atomic E-state index is 11.5. The summed E-state index contributed by atoms with van der Waals surface area (Å²) < 4.78 is 2.20. The van der Waals surface area contributed by atoms with Gasteiger partial charge in [0, 0.05) is 18.5 Å². The van der Waals surface area contributed by atoms with Crippen LogP contribution in [0, 0.1) is 0 Å². The molecule has 0 aromatic carbocycles. The molecule has 0 spiro atoms. The first-order valence-corrected chi connectivity index (χ1v) is 6.78. The van der Waals surface area contributed by atoms with Gasteiger partial charge in [0.05, 0.1) is 10.4 Å². The molecule has 1 aromatic rings. The van der Waals surface area contributed by atoms with Gasteiger partial charge in [-0.3, -0.25) is 4.79 Å². The third kappa shape index (κ3) is 1.32. The minimum atomic E-state index is -0.640. The number of carbonyl (C=O) groups is 1. The second kappa shape index (κ2) is 3.55. The minimum Gasteiger partial charge on any atom is -0.481 e. The van der Waals surface area contributed by atoms with E-state index in [1.807, 2.05) is 11.8 Å². The van der Waals surface area contributed by atoms with E-state index in [9.17, 15) is 9.90 Å². The van der Waals surface area contributed by atoms with Gasteiger partial charge in [-0.2, -0.15) is 0 Å². The van der Waals surface area contributed by atoms with Crippen LogP contribution in [0.5, 0.6) is 0 Å². The van der Waals surface area contributed by atoms with Gasteiger partial charge in [0.2, 0.25) is 0 Å². The molecule has 2 heterocycles. The molecule has 4 heteroatoms. The van der Waals surface area contributed by atoms with E-state index in [4.69, 9.17) is 0 Å². The Kier molecular flexibility index (Phi) is 2.28. The van der Waals surface area contributed by atoms with Crippen LogP contribution >= 0.6 is 11.8 Å². The van der Waals surface area contributed by atoms with Crippen molar-refractivity contribution < 1.29 is 9.90 Å². The summed E-state index contributed by atoms with van der Waals surface area (Å²) in [5, 5.41) is 10.7. The predicted molar refractivity (Wildman–Crippen MR) is 62.9 cm³/mol. The van der Waals surface area contributed by atoms with Crippen molar-refractivity contribution in [3.05, 3.63) is 17.8 Å². The molecule has 1 N–H and O–H groups in total. The molecule has 1 saturated carbocycles. The summed E-state index contributed by atoms with van der Waals surface area (Å²) in [5.74, 6) is 0.481. The van der Waals surface area contributed by atoms with Crippen molar-refractivity contribution in [1.29, 1.82) is 0 Å². The lowest BCUT2D eigenvalue weighted by Crippen LogP contribution is -2.32. The Morgan fingerprint density at radius 2 is 2.19 bits per heavy atom. The maximum Gasteiger partial charge on any atom is 0.314 e. The highest BCUT2D eigenvalue weighted by atomic mass is 32.2.